The topological polar surface area (TPSA) is 68.1 Å². The van der Waals surface area contributed by atoms with Gasteiger partial charge in [0.1, 0.15) is 6.20 Å². The van der Waals surface area contributed by atoms with Gasteiger partial charge < -0.3 is 5.32 Å². The molecular weight excluding hydrogens is 242 g/mol. The van der Waals surface area contributed by atoms with Crippen LogP contribution in [-0.2, 0) is 0 Å². The van der Waals surface area contributed by atoms with E-state index < -0.39 is 0 Å². The smallest absolute Gasteiger partial charge is 0.290 e. The fourth-order valence-electron chi connectivity index (χ4n) is 2.57. The first kappa shape index (κ1) is 15.6. The molecule has 0 bridgehead atoms. The number of hydrogen-bond donors (Lipinski definition) is 1. The van der Waals surface area contributed by atoms with Gasteiger partial charge in [-0.3, -0.25) is 15.1 Å². The molecule has 0 aliphatic rings. The van der Waals surface area contributed by atoms with Crippen LogP contribution >= 0.6 is 0 Å². The van der Waals surface area contributed by atoms with Crippen molar-refractivity contribution in [2.75, 3.05) is 6.54 Å². The van der Waals surface area contributed by atoms with Gasteiger partial charge in [-0.1, -0.05) is 20.8 Å². The van der Waals surface area contributed by atoms with E-state index in [9.17, 15) is 10.1 Å². The maximum Gasteiger partial charge on any atom is 0.290 e. The van der Waals surface area contributed by atoms with E-state index >= 15 is 0 Å². The van der Waals surface area contributed by atoms with Gasteiger partial charge in [0.2, 0.25) is 0 Å². The Morgan fingerprint density at radius 1 is 1.42 bits per heavy atom. The lowest BCUT2D eigenvalue weighted by atomic mass is 9.85. The molecule has 0 fully saturated rings. The summed E-state index contributed by atoms with van der Waals surface area (Å²) in [5.74, 6) is 0.668. The molecule has 0 saturated heterocycles. The normalized spacial score (nSPS) is 14.4. The quantitative estimate of drug-likeness (QED) is 0.634. The van der Waals surface area contributed by atoms with E-state index in [0.29, 0.717) is 17.5 Å². The first-order valence-electron chi connectivity index (χ1n) is 6.72. The Hall–Kier alpha value is -1.49. The molecule has 0 amide bonds. The summed E-state index contributed by atoms with van der Waals surface area (Å²) in [6.45, 7) is 11.2. The van der Waals surface area contributed by atoms with Gasteiger partial charge in [0.05, 0.1) is 4.92 Å². The number of aryl methyl sites for hydroxylation is 1. The molecule has 0 spiro atoms. The Balaban J connectivity index is 3.10. The van der Waals surface area contributed by atoms with E-state index in [1.54, 1.807) is 6.92 Å². The summed E-state index contributed by atoms with van der Waals surface area (Å²) in [5, 5.41) is 14.2. The number of pyridine rings is 1. The zero-order chi connectivity index (χ0) is 14.6. The summed E-state index contributed by atoms with van der Waals surface area (Å²) >= 11 is 0. The lowest BCUT2D eigenvalue weighted by Gasteiger charge is -2.27. The van der Waals surface area contributed by atoms with Crippen molar-refractivity contribution in [3.05, 3.63) is 33.6 Å². The van der Waals surface area contributed by atoms with Gasteiger partial charge in [-0.05, 0) is 32.4 Å². The minimum Gasteiger partial charge on any atom is -0.314 e. The Morgan fingerprint density at radius 2 is 2.05 bits per heavy atom. The van der Waals surface area contributed by atoms with Crippen molar-refractivity contribution in [3.8, 4) is 0 Å². The summed E-state index contributed by atoms with van der Waals surface area (Å²) in [4.78, 5) is 14.7. The third-order valence-electron chi connectivity index (χ3n) is 3.43. The SMILES string of the molecule is CCNC(C)C(c1cc(C)c([N+](=O)[O-])cn1)C(C)C. The van der Waals surface area contributed by atoms with Gasteiger partial charge in [0.25, 0.3) is 5.69 Å². The maximum absolute atomic E-state index is 10.8. The molecule has 2 atom stereocenters. The van der Waals surface area contributed by atoms with E-state index in [0.717, 1.165) is 12.2 Å². The predicted octanol–water partition coefficient (Wildman–Crippen LogP) is 3.04. The fourth-order valence-corrected chi connectivity index (χ4v) is 2.57. The van der Waals surface area contributed by atoms with Crippen LogP contribution in [0.1, 0.15) is 44.9 Å². The average Bonchev–Trinajstić information content (AvgIpc) is 2.28. The molecule has 0 radical (unpaired) electrons. The molecule has 19 heavy (non-hydrogen) atoms. The van der Waals surface area contributed by atoms with E-state index in [1.807, 2.05) is 6.07 Å². The van der Waals surface area contributed by atoms with Gasteiger partial charge in [-0.25, -0.2) is 0 Å². The van der Waals surface area contributed by atoms with Crippen molar-refractivity contribution < 1.29 is 4.92 Å². The van der Waals surface area contributed by atoms with Crippen LogP contribution in [0.3, 0.4) is 0 Å². The molecule has 5 heteroatoms. The highest BCUT2D eigenvalue weighted by Gasteiger charge is 2.25. The predicted molar refractivity (Wildman–Crippen MR) is 76.3 cm³/mol. The van der Waals surface area contributed by atoms with Crippen LogP contribution in [-0.4, -0.2) is 22.5 Å². The molecule has 1 rings (SSSR count). The summed E-state index contributed by atoms with van der Waals surface area (Å²) in [5.41, 5.74) is 1.68. The third-order valence-corrected chi connectivity index (χ3v) is 3.43. The Morgan fingerprint density at radius 3 is 2.47 bits per heavy atom. The van der Waals surface area contributed by atoms with Gasteiger partial charge in [-0.2, -0.15) is 0 Å². The molecule has 0 aliphatic heterocycles. The monoisotopic (exact) mass is 265 g/mol. The number of hydrogen-bond acceptors (Lipinski definition) is 4. The van der Waals surface area contributed by atoms with Crippen LogP contribution in [0.5, 0.6) is 0 Å². The minimum absolute atomic E-state index is 0.0855. The molecule has 0 aromatic carbocycles. The van der Waals surface area contributed by atoms with Crippen molar-refractivity contribution >= 4 is 5.69 Å². The molecule has 0 aliphatic carbocycles. The second-order valence-corrected chi connectivity index (χ2v) is 5.27. The molecule has 5 nitrogen and oxygen atoms in total. The highest BCUT2D eigenvalue weighted by molar-refractivity contribution is 5.38. The molecule has 0 saturated carbocycles. The maximum atomic E-state index is 10.8. The van der Waals surface area contributed by atoms with E-state index in [-0.39, 0.29) is 16.5 Å². The zero-order valence-electron chi connectivity index (χ0n) is 12.3. The van der Waals surface area contributed by atoms with Crippen LogP contribution in [0.4, 0.5) is 5.69 Å². The summed E-state index contributed by atoms with van der Waals surface area (Å²) in [7, 11) is 0. The first-order valence-corrected chi connectivity index (χ1v) is 6.72. The molecule has 1 heterocycles. The largest absolute Gasteiger partial charge is 0.314 e. The van der Waals surface area contributed by atoms with Gasteiger partial charge in [0, 0.05) is 23.2 Å². The van der Waals surface area contributed by atoms with Crippen molar-refractivity contribution in [1.82, 2.24) is 10.3 Å². The van der Waals surface area contributed by atoms with Crippen molar-refractivity contribution in [3.63, 3.8) is 0 Å². The van der Waals surface area contributed by atoms with Crippen molar-refractivity contribution in [2.24, 2.45) is 5.92 Å². The van der Waals surface area contributed by atoms with E-state index in [1.165, 1.54) is 6.20 Å². The third kappa shape index (κ3) is 3.73. The number of nitrogens with zero attached hydrogens (tertiary/aromatic N) is 2. The van der Waals surface area contributed by atoms with E-state index in [2.05, 4.69) is 38.0 Å². The Labute approximate surface area is 114 Å². The van der Waals surface area contributed by atoms with Crippen LogP contribution < -0.4 is 5.32 Å². The molecule has 1 aromatic heterocycles. The van der Waals surface area contributed by atoms with Gasteiger partial charge >= 0.3 is 0 Å². The number of aromatic nitrogens is 1. The summed E-state index contributed by atoms with van der Waals surface area (Å²) < 4.78 is 0. The number of rotatable bonds is 6. The van der Waals surface area contributed by atoms with Crippen LogP contribution in [0.15, 0.2) is 12.3 Å². The van der Waals surface area contributed by atoms with Crippen molar-refractivity contribution in [1.29, 1.82) is 0 Å². The number of nitro groups is 1. The second kappa shape index (κ2) is 6.61. The van der Waals surface area contributed by atoms with Crippen LogP contribution in [0.25, 0.3) is 0 Å². The Kier molecular flexibility index (Phi) is 5.42. The van der Waals surface area contributed by atoms with Gasteiger partial charge in [-0.15, -0.1) is 0 Å². The molecule has 2 unspecified atom stereocenters. The molecular formula is C14H23N3O2. The lowest BCUT2D eigenvalue weighted by molar-refractivity contribution is -0.385. The lowest BCUT2D eigenvalue weighted by Crippen LogP contribution is -2.35. The highest BCUT2D eigenvalue weighted by atomic mass is 16.6. The first-order chi connectivity index (χ1) is 8.88. The van der Waals surface area contributed by atoms with Gasteiger partial charge in [0.15, 0.2) is 0 Å². The second-order valence-electron chi connectivity index (χ2n) is 5.27. The number of likely N-dealkylation sites (N-methyl/N-ethyl adjacent to an activating group) is 1. The van der Waals surface area contributed by atoms with Crippen LogP contribution in [0.2, 0.25) is 0 Å². The van der Waals surface area contributed by atoms with Crippen molar-refractivity contribution in [2.45, 2.75) is 46.6 Å². The Bertz CT molecular complexity index is 446. The average molecular weight is 265 g/mol. The summed E-state index contributed by atoms with van der Waals surface area (Å²) in [6, 6.07) is 2.13. The standard InChI is InChI=1S/C14H23N3O2/c1-6-15-11(5)14(9(2)3)12-7-10(4)13(8-16-12)17(18)19/h7-9,11,14-15H,6H2,1-5H3. The van der Waals surface area contributed by atoms with E-state index in [4.69, 9.17) is 0 Å². The number of nitrogens with one attached hydrogen (secondary N) is 1. The molecule has 106 valence electrons. The fraction of sp³-hybridized carbons (Fsp3) is 0.643. The molecule has 1 N–H and O–H groups in total. The minimum atomic E-state index is -0.385. The molecule has 1 aromatic rings. The summed E-state index contributed by atoms with van der Waals surface area (Å²) in [6.07, 6.45) is 1.37. The highest BCUT2D eigenvalue weighted by Crippen LogP contribution is 2.29. The van der Waals surface area contributed by atoms with Crippen LogP contribution in [0, 0.1) is 23.0 Å². The zero-order valence-corrected chi connectivity index (χ0v) is 12.3.